The van der Waals surface area contributed by atoms with Gasteiger partial charge in [-0.2, -0.15) is 0 Å². The van der Waals surface area contributed by atoms with Crippen LogP contribution < -0.4 is 0 Å². The maximum Gasteiger partial charge on any atom is 0.201 e. The van der Waals surface area contributed by atoms with Crippen molar-refractivity contribution in [3.05, 3.63) is 5.21 Å². The van der Waals surface area contributed by atoms with Gasteiger partial charge in [-0.1, -0.05) is 0 Å². The molecule has 1 fully saturated rings. The molecule has 2 N–H and O–H groups in total. The average Bonchev–Trinajstić information content (AvgIpc) is 2.83. The van der Waals surface area contributed by atoms with Gasteiger partial charge in [-0.25, -0.2) is 4.99 Å². The largest absolute Gasteiger partial charge is 0.625 e. The van der Waals surface area contributed by atoms with E-state index in [-0.39, 0.29) is 25.4 Å². The molecule has 3 unspecified atom stereocenters. The van der Waals surface area contributed by atoms with Crippen LogP contribution in [0, 0.1) is 5.21 Å². The monoisotopic (exact) mass is 244 g/mol. The van der Waals surface area contributed by atoms with Crippen molar-refractivity contribution in [3.63, 3.8) is 0 Å². The fourth-order valence-electron chi connectivity index (χ4n) is 2.14. The SMILES string of the molecule is CC(=O)C1C[N+]([O-])(C2C[C@H](O)[C@@H](CO)O2)C=N1. The number of aliphatic hydroxyl groups excluding tert-OH is 2. The third-order valence-corrected chi connectivity index (χ3v) is 3.24. The smallest absolute Gasteiger partial charge is 0.201 e. The predicted molar refractivity (Wildman–Crippen MR) is 57.8 cm³/mol. The van der Waals surface area contributed by atoms with Crippen LogP contribution in [-0.4, -0.2) is 64.6 Å². The van der Waals surface area contributed by atoms with E-state index in [0.717, 1.165) is 6.34 Å². The number of aliphatic imine (C=N–C) groups is 1. The summed E-state index contributed by atoms with van der Waals surface area (Å²) in [6.07, 6.45) is -1.07. The van der Waals surface area contributed by atoms with Gasteiger partial charge in [0.25, 0.3) is 0 Å². The molecule has 17 heavy (non-hydrogen) atoms. The van der Waals surface area contributed by atoms with E-state index in [1.54, 1.807) is 0 Å². The summed E-state index contributed by atoms with van der Waals surface area (Å²) in [4.78, 5) is 15.0. The molecule has 0 spiro atoms. The Labute approximate surface area is 98.5 Å². The summed E-state index contributed by atoms with van der Waals surface area (Å²) < 4.78 is 4.43. The normalized spacial score (nSPS) is 45.4. The maximum atomic E-state index is 12.3. The number of carbonyl (C=O) groups excluding carboxylic acids is 1. The minimum absolute atomic E-state index is 0.00483. The molecule has 2 aliphatic heterocycles. The molecule has 7 heteroatoms. The summed E-state index contributed by atoms with van der Waals surface area (Å²) in [6, 6.07) is -0.624. The summed E-state index contributed by atoms with van der Waals surface area (Å²) in [7, 11) is 0. The summed E-state index contributed by atoms with van der Waals surface area (Å²) in [5.41, 5.74) is 0. The molecule has 1 saturated heterocycles. The van der Waals surface area contributed by atoms with Gasteiger partial charge < -0.3 is 20.2 Å². The lowest BCUT2D eigenvalue weighted by Gasteiger charge is -2.39. The van der Waals surface area contributed by atoms with E-state index in [0.29, 0.717) is 0 Å². The molecule has 0 aromatic heterocycles. The van der Waals surface area contributed by atoms with Crippen LogP contribution in [0.1, 0.15) is 13.3 Å². The summed E-state index contributed by atoms with van der Waals surface area (Å²) in [5.74, 6) is -0.158. The van der Waals surface area contributed by atoms with E-state index in [1.807, 2.05) is 0 Å². The average molecular weight is 244 g/mol. The van der Waals surface area contributed by atoms with Gasteiger partial charge in [0.15, 0.2) is 18.2 Å². The van der Waals surface area contributed by atoms with E-state index < -0.39 is 29.1 Å². The zero-order chi connectivity index (χ0) is 12.6. The van der Waals surface area contributed by atoms with Crippen LogP contribution in [0.5, 0.6) is 0 Å². The van der Waals surface area contributed by atoms with Crippen molar-refractivity contribution in [1.82, 2.24) is 0 Å². The number of carbonyl (C=O) groups is 1. The van der Waals surface area contributed by atoms with E-state index in [9.17, 15) is 15.1 Å². The zero-order valence-corrected chi connectivity index (χ0v) is 9.52. The first-order chi connectivity index (χ1) is 7.96. The van der Waals surface area contributed by atoms with Crippen LogP contribution in [-0.2, 0) is 9.53 Å². The number of ether oxygens (including phenoxy) is 1. The van der Waals surface area contributed by atoms with Crippen molar-refractivity contribution in [3.8, 4) is 0 Å². The molecule has 0 bridgehead atoms. The lowest BCUT2D eigenvalue weighted by atomic mass is 10.1. The Balaban J connectivity index is 2.05. The van der Waals surface area contributed by atoms with Crippen LogP contribution in [0.3, 0.4) is 0 Å². The van der Waals surface area contributed by atoms with Crippen LogP contribution in [0.2, 0.25) is 0 Å². The van der Waals surface area contributed by atoms with Gasteiger partial charge in [0.1, 0.15) is 12.6 Å². The Kier molecular flexibility index (Phi) is 3.28. The van der Waals surface area contributed by atoms with Crippen LogP contribution >= 0.6 is 0 Å². The van der Waals surface area contributed by atoms with Gasteiger partial charge in [0.05, 0.1) is 19.1 Å². The minimum Gasteiger partial charge on any atom is -0.625 e. The molecule has 5 atom stereocenters. The highest BCUT2D eigenvalue weighted by atomic mass is 16.6. The van der Waals surface area contributed by atoms with Crippen molar-refractivity contribution in [1.29, 1.82) is 0 Å². The number of nitrogens with zero attached hydrogens (tertiary/aromatic N) is 2. The molecule has 2 rings (SSSR count). The van der Waals surface area contributed by atoms with Crippen LogP contribution in [0.25, 0.3) is 0 Å². The second-order valence-electron chi connectivity index (χ2n) is 4.54. The minimum atomic E-state index is -0.863. The highest BCUT2D eigenvalue weighted by molar-refractivity contribution is 5.83. The predicted octanol–water partition coefficient (Wildman–Crippen LogP) is -1.23. The van der Waals surface area contributed by atoms with E-state index in [1.165, 1.54) is 6.92 Å². The van der Waals surface area contributed by atoms with Crippen molar-refractivity contribution < 1.29 is 24.4 Å². The lowest BCUT2D eigenvalue weighted by molar-refractivity contribution is -0.832. The molecular weight excluding hydrogens is 228 g/mol. The molecule has 7 nitrogen and oxygen atoms in total. The fraction of sp³-hybridized carbons (Fsp3) is 0.800. The Hall–Kier alpha value is -0.860. The Morgan fingerprint density at radius 2 is 2.41 bits per heavy atom. The Bertz CT molecular complexity index is 348. The summed E-state index contributed by atoms with van der Waals surface area (Å²) in [5, 5.41) is 30.8. The number of aliphatic hydroxyl groups is 2. The molecule has 0 saturated carbocycles. The van der Waals surface area contributed by atoms with Crippen molar-refractivity contribution in [2.45, 2.75) is 37.8 Å². The molecule has 2 heterocycles. The number of hydroxylamine groups is 3. The lowest BCUT2D eigenvalue weighted by Crippen LogP contribution is -2.50. The zero-order valence-electron chi connectivity index (χ0n) is 9.52. The number of quaternary nitrogens is 1. The molecule has 0 aromatic rings. The Morgan fingerprint density at radius 1 is 1.71 bits per heavy atom. The van der Waals surface area contributed by atoms with E-state index in [4.69, 9.17) is 9.84 Å². The Morgan fingerprint density at radius 3 is 2.88 bits per heavy atom. The maximum absolute atomic E-state index is 12.3. The third kappa shape index (κ3) is 2.24. The second kappa shape index (κ2) is 4.43. The van der Waals surface area contributed by atoms with Gasteiger partial charge in [0, 0.05) is 0 Å². The number of hydrogen-bond acceptors (Lipinski definition) is 6. The number of hydrogen-bond donors (Lipinski definition) is 2. The first-order valence-electron chi connectivity index (χ1n) is 5.54. The number of ketones is 1. The molecular formula is C10H16N2O5. The summed E-state index contributed by atoms with van der Waals surface area (Å²) >= 11 is 0. The van der Waals surface area contributed by atoms with Crippen LogP contribution in [0.4, 0.5) is 0 Å². The molecule has 2 aliphatic rings. The number of Topliss-reactive ketones (excluding diaryl/α,β-unsaturated/α-hetero) is 1. The molecule has 0 aromatic carbocycles. The standard InChI is InChI=1S/C10H16N2O5/c1-6(14)7-3-12(16,5-11-7)10-2-8(15)9(4-13)17-10/h5,7-10,13,15H,2-4H2,1H3/t7?,8-,9+,10?,12?/m0/s1. The highest BCUT2D eigenvalue weighted by Crippen LogP contribution is 2.29. The first kappa shape index (κ1) is 12.6. The highest BCUT2D eigenvalue weighted by Gasteiger charge is 2.45. The van der Waals surface area contributed by atoms with Crippen molar-refractivity contribution >= 4 is 12.1 Å². The molecule has 0 radical (unpaired) electrons. The third-order valence-electron chi connectivity index (χ3n) is 3.24. The molecule has 96 valence electrons. The molecule has 0 amide bonds. The van der Waals surface area contributed by atoms with Crippen molar-refractivity contribution in [2.75, 3.05) is 13.2 Å². The van der Waals surface area contributed by atoms with Crippen LogP contribution in [0.15, 0.2) is 4.99 Å². The van der Waals surface area contributed by atoms with E-state index in [2.05, 4.69) is 4.99 Å². The topological polar surface area (TPSA) is 102 Å². The number of rotatable bonds is 3. The molecule has 0 aliphatic carbocycles. The summed E-state index contributed by atoms with van der Waals surface area (Å²) in [6.45, 7) is 1.06. The quantitative estimate of drug-likeness (QED) is 0.478. The fourth-order valence-corrected chi connectivity index (χ4v) is 2.14. The van der Waals surface area contributed by atoms with Gasteiger partial charge in [-0.3, -0.25) is 9.44 Å². The second-order valence-corrected chi connectivity index (χ2v) is 4.54. The van der Waals surface area contributed by atoms with Gasteiger partial charge in [-0.15, -0.1) is 0 Å². The van der Waals surface area contributed by atoms with Crippen molar-refractivity contribution in [2.24, 2.45) is 4.99 Å². The first-order valence-corrected chi connectivity index (χ1v) is 5.54. The van der Waals surface area contributed by atoms with Gasteiger partial charge >= 0.3 is 0 Å². The van der Waals surface area contributed by atoms with Gasteiger partial charge in [-0.05, 0) is 6.92 Å². The van der Waals surface area contributed by atoms with Gasteiger partial charge in [0.2, 0.25) is 6.23 Å². The van der Waals surface area contributed by atoms with E-state index >= 15 is 0 Å².